The maximum Gasteiger partial charge on any atom is 0.0918 e. The summed E-state index contributed by atoms with van der Waals surface area (Å²) >= 11 is 0. The standard InChI is InChI=1S/C18H26N4.C7H8N2/c1-13-6-7-18-15(9-13)10-17(21-18)11-19-14(2)20-16-5-4-8-22(3)12-16;1-2-3-7-6-8-4-5-9-7/h6-7,9-10,16,19-21H,2,4-5,8,11-12H2,1,3H3;2,4-6H,1,3H2. The molecule has 0 radical (unpaired) electrons. The first kappa shape index (κ1) is 22.6. The lowest BCUT2D eigenvalue weighted by Crippen LogP contribution is -2.45. The van der Waals surface area contributed by atoms with Crippen LogP contribution in [0.1, 0.15) is 29.8 Å². The second-order valence-corrected chi connectivity index (χ2v) is 8.15. The average Bonchev–Trinajstić information content (AvgIpc) is 3.16. The highest BCUT2D eigenvalue weighted by molar-refractivity contribution is 5.81. The van der Waals surface area contributed by atoms with Crippen LogP contribution in [0.25, 0.3) is 10.9 Å². The average molecular weight is 419 g/mol. The molecule has 1 aromatic carbocycles. The van der Waals surface area contributed by atoms with E-state index in [1.54, 1.807) is 18.6 Å². The Balaban J connectivity index is 0.000000254. The number of H-pyrrole nitrogens is 1. The molecule has 1 fully saturated rings. The van der Waals surface area contributed by atoms with Crippen molar-refractivity contribution in [3.63, 3.8) is 0 Å². The van der Waals surface area contributed by atoms with Crippen LogP contribution in [0.5, 0.6) is 0 Å². The van der Waals surface area contributed by atoms with Crippen LogP contribution < -0.4 is 10.6 Å². The molecule has 1 aliphatic heterocycles. The fourth-order valence-corrected chi connectivity index (χ4v) is 3.77. The fourth-order valence-electron chi connectivity index (χ4n) is 3.77. The van der Waals surface area contributed by atoms with Gasteiger partial charge in [0.2, 0.25) is 0 Å². The molecule has 3 N–H and O–H groups in total. The van der Waals surface area contributed by atoms with Crippen LogP contribution in [0.2, 0.25) is 0 Å². The molecular formula is C25H34N6. The van der Waals surface area contributed by atoms with E-state index in [2.05, 4.69) is 81.9 Å². The fraction of sp³-hybridized carbons (Fsp3) is 0.360. The maximum absolute atomic E-state index is 4.10. The summed E-state index contributed by atoms with van der Waals surface area (Å²) in [5, 5.41) is 8.15. The first-order valence-electron chi connectivity index (χ1n) is 10.9. The third kappa shape index (κ3) is 7.26. The van der Waals surface area contributed by atoms with Gasteiger partial charge in [-0.25, -0.2) is 0 Å². The Morgan fingerprint density at radius 1 is 1.32 bits per heavy atom. The molecule has 3 heterocycles. The highest BCUT2D eigenvalue weighted by atomic mass is 15.2. The van der Waals surface area contributed by atoms with Crippen molar-refractivity contribution in [2.24, 2.45) is 0 Å². The number of likely N-dealkylation sites (tertiary alicyclic amines) is 1. The lowest BCUT2D eigenvalue weighted by atomic mass is 10.1. The van der Waals surface area contributed by atoms with Gasteiger partial charge in [0.1, 0.15) is 0 Å². The Morgan fingerprint density at radius 2 is 2.19 bits per heavy atom. The number of hydrogen-bond acceptors (Lipinski definition) is 5. The van der Waals surface area contributed by atoms with Crippen LogP contribution in [0, 0.1) is 6.92 Å². The number of benzene rings is 1. The first-order chi connectivity index (χ1) is 15.0. The van der Waals surface area contributed by atoms with E-state index < -0.39 is 0 Å². The third-order valence-electron chi connectivity index (χ3n) is 5.30. The van der Waals surface area contributed by atoms with Crippen molar-refractivity contribution in [1.82, 2.24) is 30.5 Å². The second kappa shape index (κ2) is 11.3. The summed E-state index contributed by atoms with van der Waals surface area (Å²) in [6.45, 7) is 12.9. The minimum absolute atomic E-state index is 0.504. The van der Waals surface area contributed by atoms with Gasteiger partial charge < -0.3 is 20.5 Å². The van der Waals surface area contributed by atoms with Crippen LogP contribution >= 0.6 is 0 Å². The van der Waals surface area contributed by atoms with Gasteiger partial charge in [0.25, 0.3) is 0 Å². The highest BCUT2D eigenvalue weighted by Gasteiger charge is 2.16. The monoisotopic (exact) mass is 418 g/mol. The number of aryl methyl sites for hydroxylation is 1. The minimum atomic E-state index is 0.504. The Labute approximate surface area is 185 Å². The molecule has 3 aromatic rings. The number of aromatic nitrogens is 3. The van der Waals surface area contributed by atoms with Crippen molar-refractivity contribution in [2.45, 2.75) is 38.8 Å². The van der Waals surface area contributed by atoms with E-state index in [-0.39, 0.29) is 0 Å². The molecule has 31 heavy (non-hydrogen) atoms. The summed E-state index contributed by atoms with van der Waals surface area (Å²) < 4.78 is 0. The number of nitrogens with one attached hydrogen (secondary N) is 3. The van der Waals surface area contributed by atoms with Gasteiger partial charge in [-0.05, 0) is 56.9 Å². The van der Waals surface area contributed by atoms with Crippen LogP contribution in [0.3, 0.4) is 0 Å². The zero-order chi connectivity index (χ0) is 22.1. The Bertz CT molecular complexity index is 978. The molecule has 0 bridgehead atoms. The molecule has 1 unspecified atom stereocenters. The van der Waals surface area contributed by atoms with Crippen LogP contribution in [-0.4, -0.2) is 46.0 Å². The van der Waals surface area contributed by atoms with Crippen molar-refractivity contribution in [2.75, 3.05) is 20.1 Å². The smallest absolute Gasteiger partial charge is 0.0918 e. The number of piperidine rings is 1. The lowest BCUT2D eigenvalue weighted by Gasteiger charge is -2.31. The summed E-state index contributed by atoms with van der Waals surface area (Å²) in [7, 11) is 2.18. The molecule has 0 spiro atoms. The number of rotatable bonds is 7. The molecule has 6 nitrogen and oxygen atoms in total. The topological polar surface area (TPSA) is 68.9 Å². The molecule has 164 valence electrons. The number of nitrogens with zero attached hydrogens (tertiary/aromatic N) is 3. The summed E-state index contributed by atoms with van der Waals surface area (Å²) in [6.07, 6.45) is 10.2. The van der Waals surface area contributed by atoms with E-state index >= 15 is 0 Å². The van der Waals surface area contributed by atoms with Crippen molar-refractivity contribution < 1.29 is 0 Å². The quantitative estimate of drug-likeness (QED) is 0.507. The summed E-state index contributed by atoms with van der Waals surface area (Å²) in [5.41, 5.74) is 4.63. The molecule has 0 saturated carbocycles. The predicted octanol–water partition coefficient (Wildman–Crippen LogP) is 3.93. The molecule has 2 aromatic heterocycles. The maximum atomic E-state index is 4.10. The van der Waals surface area contributed by atoms with Crippen LogP contribution in [0.15, 0.2) is 67.9 Å². The van der Waals surface area contributed by atoms with Gasteiger partial charge in [0.15, 0.2) is 0 Å². The molecule has 1 saturated heterocycles. The van der Waals surface area contributed by atoms with Gasteiger partial charge in [0, 0.05) is 48.8 Å². The van der Waals surface area contributed by atoms with Gasteiger partial charge in [-0.1, -0.05) is 24.3 Å². The van der Waals surface area contributed by atoms with Gasteiger partial charge in [-0.15, -0.1) is 6.58 Å². The van der Waals surface area contributed by atoms with Crippen LogP contribution in [-0.2, 0) is 13.0 Å². The van der Waals surface area contributed by atoms with Gasteiger partial charge in [-0.2, -0.15) is 0 Å². The number of hydrogen-bond donors (Lipinski definition) is 3. The van der Waals surface area contributed by atoms with Gasteiger partial charge in [0.05, 0.1) is 18.1 Å². The van der Waals surface area contributed by atoms with E-state index in [1.807, 2.05) is 6.08 Å². The Kier molecular flexibility index (Phi) is 8.24. The van der Waals surface area contributed by atoms with E-state index in [0.29, 0.717) is 6.04 Å². The second-order valence-electron chi connectivity index (χ2n) is 8.15. The molecule has 4 rings (SSSR count). The zero-order valence-electron chi connectivity index (χ0n) is 18.7. The van der Waals surface area contributed by atoms with Crippen molar-refractivity contribution in [3.8, 4) is 0 Å². The Morgan fingerprint density at radius 3 is 2.94 bits per heavy atom. The normalized spacial score (nSPS) is 16.3. The SMILES string of the molecule is C=C(NCc1cc2cc(C)ccc2[nH]1)NC1CCCN(C)C1.C=CCc1cnccn1. The number of fused-ring (bicyclic) bond motifs is 1. The largest absolute Gasteiger partial charge is 0.368 e. The van der Waals surface area contributed by atoms with Gasteiger partial charge in [-0.3, -0.25) is 9.97 Å². The van der Waals surface area contributed by atoms with Crippen molar-refractivity contribution >= 4 is 10.9 Å². The predicted molar refractivity (Wildman–Crippen MR) is 129 cm³/mol. The summed E-state index contributed by atoms with van der Waals surface area (Å²) in [6, 6.07) is 9.19. The lowest BCUT2D eigenvalue weighted by molar-refractivity contribution is 0.233. The van der Waals surface area contributed by atoms with E-state index in [0.717, 1.165) is 31.0 Å². The first-order valence-corrected chi connectivity index (χ1v) is 10.9. The van der Waals surface area contributed by atoms with Crippen molar-refractivity contribution in [1.29, 1.82) is 0 Å². The molecular weight excluding hydrogens is 384 g/mol. The van der Waals surface area contributed by atoms with Gasteiger partial charge >= 0.3 is 0 Å². The molecule has 0 amide bonds. The number of allylic oxidation sites excluding steroid dienone is 1. The van der Waals surface area contributed by atoms with E-state index in [9.17, 15) is 0 Å². The highest BCUT2D eigenvalue weighted by Crippen LogP contribution is 2.17. The summed E-state index contributed by atoms with van der Waals surface area (Å²) in [5.74, 6) is 0.912. The third-order valence-corrected chi connectivity index (χ3v) is 5.30. The number of aromatic amines is 1. The molecule has 1 atom stereocenters. The molecule has 0 aliphatic carbocycles. The van der Waals surface area contributed by atoms with E-state index in [1.165, 1.54) is 41.5 Å². The Hall–Kier alpha value is -3.12. The molecule has 1 aliphatic rings. The number of likely N-dealkylation sites (N-methyl/N-ethyl adjacent to an activating group) is 1. The molecule has 6 heteroatoms. The zero-order valence-corrected chi connectivity index (χ0v) is 18.7. The minimum Gasteiger partial charge on any atom is -0.368 e. The van der Waals surface area contributed by atoms with E-state index in [4.69, 9.17) is 0 Å². The van der Waals surface area contributed by atoms with Crippen LogP contribution in [0.4, 0.5) is 0 Å². The summed E-state index contributed by atoms with van der Waals surface area (Å²) in [4.78, 5) is 13.7. The van der Waals surface area contributed by atoms with Crippen molar-refractivity contribution in [3.05, 3.63) is 84.9 Å².